The SMILES string of the molecule is O=C1CCC(N2C(=O)c3ccc(C#CCOC4CCNCC4)cc3C2=O)C(=O)N1. The summed E-state index contributed by atoms with van der Waals surface area (Å²) in [7, 11) is 0. The minimum absolute atomic E-state index is 0.0948. The summed E-state index contributed by atoms with van der Waals surface area (Å²) in [5.74, 6) is 3.84. The van der Waals surface area contributed by atoms with Crippen molar-refractivity contribution < 1.29 is 23.9 Å². The van der Waals surface area contributed by atoms with Gasteiger partial charge >= 0.3 is 0 Å². The number of ether oxygens (including phenoxy) is 1. The van der Waals surface area contributed by atoms with Gasteiger partial charge in [-0.05, 0) is 50.6 Å². The van der Waals surface area contributed by atoms with Crippen LogP contribution >= 0.6 is 0 Å². The number of fused-ring (bicyclic) bond motifs is 1. The van der Waals surface area contributed by atoms with Crippen molar-refractivity contribution >= 4 is 23.6 Å². The van der Waals surface area contributed by atoms with E-state index < -0.39 is 29.7 Å². The second-order valence-corrected chi connectivity index (χ2v) is 7.27. The lowest BCUT2D eigenvalue weighted by atomic mass is 10.0. The number of imide groups is 2. The van der Waals surface area contributed by atoms with Gasteiger partial charge in [-0.3, -0.25) is 29.4 Å². The molecule has 3 heterocycles. The van der Waals surface area contributed by atoms with Crippen molar-refractivity contribution in [2.45, 2.75) is 37.8 Å². The van der Waals surface area contributed by atoms with E-state index in [0.29, 0.717) is 12.2 Å². The molecule has 2 N–H and O–H groups in total. The van der Waals surface area contributed by atoms with Gasteiger partial charge in [-0.1, -0.05) is 11.8 Å². The van der Waals surface area contributed by atoms with Gasteiger partial charge in [-0.15, -0.1) is 0 Å². The van der Waals surface area contributed by atoms with Gasteiger partial charge < -0.3 is 10.1 Å². The molecule has 1 atom stereocenters. The van der Waals surface area contributed by atoms with Crippen LogP contribution in [0.2, 0.25) is 0 Å². The Morgan fingerprint density at radius 3 is 2.55 bits per heavy atom. The molecule has 4 rings (SSSR count). The van der Waals surface area contributed by atoms with Crippen molar-refractivity contribution in [3.05, 3.63) is 34.9 Å². The Morgan fingerprint density at radius 1 is 1.03 bits per heavy atom. The lowest BCUT2D eigenvalue weighted by Crippen LogP contribution is -2.54. The summed E-state index contributed by atoms with van der Waals surface area (Å²) in [6.07, 6.45) is 2.38. The predicted octanol–water partition coefficient (Wildman–Crippen LogP) is 0.208. The molecule has 2 fully saturated rings. The highest BCUT2D eigenvalue weighted by atomic mass is 16.5. The highest BCUT2D eigenvalue weighted by Gasteiger charge is 2.44. The molecule has 8 heteroatoms. The van der Waals surface area contributed by atoms with Gasteiger partial charge in [-0.25, -0.2) is 0 Å². The molecule has 1 unspecified atom stereocenters. The topological polar surface area (TPSA) is 105 Å². The summed E-state index contributed by atoms with van der Waals surface area (Å²) in [4.78, 5) is 49.8. The molecule has 0 saturated carbocycles. The molecule has 3 aliphatic heterocycles. The monoisotopic (exact) mass is 395 g/mol. The van der Waals surface area contributed by atoms with E-state index in [1.807, 2.05) is 0 Å². The van der Waals surface area contributed by atoms with Gasteiger partial charge in [0.2, 0.25) is 11.8 Å². The van der Waals surface area contributed by atoms with E-state index in [-0.39, 0.29) is 30.1 Å². The Bertz CT molecular complexity index is 939. The van der Waals surface area contributed by atoms with E-state index >= 15 is 0 Å². The van der Waals surface area contributed by atoms with Crippen LogP contribution in [0.25, 0.3) is 0 Å². The highest BCUT2D eigenvalue weighted by molar-refractivity contribution is 6.23. The van der Waals surface area contributed by atoms with Crippen molar-refractivity contribution in [3.63, 3.8) is 0 Å². The van der Waals surface area contributed by atoms with Crippen molar-refractivity contribution in [2.75, 3.05) is 19.7 Å². The molecule has 0 aliphatic carbocycles. The molecule has 1 aromatic carbocycles. The number of amides is 4. The molecule has 150 valence electrons. The molecular weight excluding hydrogens is 374 g/mol. The van der Waals surface area contributed by atoms with Crippen LogP contribution < -0.4 is 10.6 Å². The molecule has 3 aliphatic rings. The van der Waals surface area contributed by atoms with Crippen LogP contribution in [0.4, 0.5) is 0 Å². The standard InChI is InChI=1S/C21H21N3O5/c25-18-6-5-17(19(26)23-18)24-20(27)15-4-3-13(12-16(15)21(24)28)2-1-11-29-14-7-9-22-10-8-14/h3-4,12,14,17,22H,5-11H2,(H,23,25,26). The van der Waals surface area contributed by atoms with Gasteiger partial charge in [-0.2, -0.15) is 0 Å². The minimum Gasteiger partial charge on any atom is -0.365 e. The normalized spacial score (nSPS) is 22.2. The van der Waals surface area contributed by atoms with Gasteiger partial charge in [0.1, 0.15) is 12.6 Å². The van der Waals surface area contributed by atoms with E-state index in [2.05, 4.69) is 22.5 Å². The first-order chi connectivity index (χ1) is 14.0. The third kappa shape index (κ3) is 3.92. The van der Waals surface area contributed by atoms with E-state index in [0.717, 1.165) is 30.8 Å². The summed E-state index contributed by atoms with van der Waals surface area (Å²) in [5.41, 5.74) is 1.07. The average molecular weight is 395 g/mol. The third-order valence-electron chi connectivity index (χ3n) is 5.35. The van der Waals surface area contributed by atoms with Crippen molar-refractivity contribution in [3.8, 4) is 11.8 Å². The van der Waals surface area contributed by atoms with Gasteiger partial charge in [0.15, 0.2) is 0 Å². The molecule has 1 aromatic rings. The molecule has 0 radical (unpaired) electrons. The second kappa shape index (κ2) is 8.15. The van der Waals surface area contributed by atoms with Gasteiger partial charge in [0.05, 0.1) is 17.2 Å². The maximum absolute atomic E-state index is 12.8. The molecular formula is C21H21N3O5. The van der Waals surface area contributed by atoms with Crippen LogP contribution in [0.15, 0.2) is 18.2 Å². The van der Waals surface area contributed by atoms with Crippen LogP contribution in [0.3, 0.4) is 0 Å². The number of piperidine rings is 2. The number of hydrogen-bond acceptors (Lipinski definition) is 6. The van der Waals surface area contributed by atoms with Crippen LogP contribution in [-0.2, 0) is 14.3 Å². The Kier molecular flexibility index (Phi) is 5.43. The first kappa shape index (κ1) is 19.3. The maximum Gasteiger partial charge on any atom is 0.262 e. The fraction of sp³-hybridized carbons (Fsp3) is 0.429. The second-order valence-electron chi connectivity index (χ2n) is 7.27. The van der Waals surface area contributed by atoms with Crippen LogP contribution in [0.5, 0.6) is 0 Å². The van der Waals surface area contributed by atoms with E-state index in [1.54, 1.807) is 18.2 Å². The largest absolute Gasteiger partial charge is 0.365 e. The van der Waals surface area contributed by atoms with E-state index in [4.69, 9.17) is 4.74 Å². The minimum atomic E-state index is -0.965. The molecule has 4 amide bonds. The molecule has 0 aromatic heterocycles. The number of nitrogens with zero attached hydrogens (tertiary/aromatic N) is 1. The smallest absolute Gasteiger partial charge is 0.262 e. The van der Waals surface area contributed by atoms with Gasteiger partial charge in [0, 0.05) is 12.0 Å². The zero-order valence-electron chi connectivity index (χ0n) is 15.8. The number of rotatable bonds is 3. The van der Waals surface area contributed by atoms with Crippen LogP contribution in [0.1, 0.15) is 52.0 Å². The maximum atomic E-state index is 12.8. The molecule has 29 heavy (non-hydrogen) atoms. The summed E-state index contributed by atoms with van der Waals surface area (Å²) in [6, 6.07) is 3.83. The molecule has 2 saturated heterocycles. The zero-order valence-corrected chi connectivity index (χ0v) is 15.8. The predicted molar refractivity (Wildman–Crippen MR) is 102 cm³/mol. The number of nitrogens with one attached hydrogen (secondary N) is 2. The van der Waals surface area contributed by atoms with Crippen molar-refractivity contribution in [1.82, 2.24) is 15.5 Å². The Hall–Kier alpha value is -3.02. The van der Waals surface area contributed by atoms with Crippen LogP contribution in [0, 0.1) is 11.8 Å². The van der Waals surface area contributed by atoms with E-state index in [9.17, 15) is 19.2 Å². The summed E-state index contributed by atoms with van der Waals surface area (Å²) in [5, 5.41) is 5.46. The van der Waals surface area contributed by atoms with Gasteiger partial charge in [0.25, 0.3) is 11.8 Å². The average Bonchev–Trinajstić information content (AvgIpc) is 2.96. The van der Waals surface area contributed by atoms with E-state index in [1.165, 1.54) is 0 Å². The molecule has 0 bridgehead atoms. The van der Waals surface area contributed by atoms with Crippen molar-refractivity contribution in [2.24, 2.45) is 0 Å². The first-order valence-electron chi connectivity index (χ1n) is 9.71. The number of carbonyl (C=O) groups excluding carboxylic acids is 4. The number of hydrogen-bond donors (Lipinski definition) is 2. The number of carbonyl (C=O) groups is 4. The lowest BCUT2D eigenvalue weighted by Gasteiger charge is -2.27. The lowest BCUT2D eigenvalue weighted by molar-refractivity contribution is -0.136. The Balaban J connectivity index is 1.45. The summed E-state index contributed by atoms with van der Waals surface area (Å²) < 4.78 is 5.74. The molecule has 0 spiro atoms. The zero-order chi connectivity index (χ0) is 20.4. The summed E-state index contributed by atoms with van der Waals surface area (Å²) >= 11 is 0. The fourth-order valence-corrected chi connectivity index (χ4v) is 3.81. The van der Waals surface area contributed by atoms with Crippen LogP contribution in [-0.4, -0.2) is 60.4 Å². The quantitative estimate of drug-likeness (QED) is 0.560. The molecule has 8 nitrogen and oxygen atoms in total. The third-order valence-corrected chi connectivity index (χ3v) is 5.35. The number of benzene rings is 1. The highest BCUT2D eigenvalue weighted by Crippen LogP contribution is 2.28. The van der Waals surface area contributed by atoms with Crippen molar-refractivity contribution in [1.29, 1.82) is 0 Å². The Labute approximate surface area is 168 Å². The first-order valence-corrected chi connectivity index (χ1v) is 9.71. The fourth-order valence-electron chi connectivity index (χ4n) is 3.81. The summed E-state index contributed by atoms with van der Waals surface area (Å²) in [6.45, 7) is 2.20. The Morgan fingerprint density at radius 2 is 1.79 bits per heavy atom.